The zero-order valence-corrected chi connectivity index (χ0v) is 9.70. The van der Waals surface area contributed by atoms with Crippen LogP contribution in [0.2, 0.25) is 0 Å². The lowest BCUT2D eigenvalue weighted by Gasteiger charge is -2.10. The fourth-order valence-corrected chi connectivity index (χ4v) is 0.968. The summed E-state index contributed by atoms with van der Waals surface area (Å²) in [5.41, 5.74) is 0. The average molecular weight is 201 g/mol. The van der Waals surface area contributed by atoms with Crippen LogP contribution >= 0.6 is 12.2 Å². The molecule has 0 aromatic heterocycles. The first-order valence-electron chi connectivity index (χ1n) is 4.73. The molecule has 0 heterocycles. The van der Waals surface area contributed by atoms with Gasteiger partial charge in [0.1, 0.15) is 5.78 Å². The zero-order valence-electron chi connectivity index (χ0n) is 8.89. The fourth-order valence-electron chi connectivity index (χ4n) is 0.743. The summed E-state index contributed by atoms with van der Waals surface area (Å²) in [5, 5.41) is 3.08. The maximum absolute atomic E-state index is 11.3. The minimum atomic E-state index is 0.0822. The first-order chi connectivity index (χ1) is 5.93. The van der Waals surface area contributed by atoms with Crippen molar-refractivity contribution in [2.24, 2.45) is 11.8 Å². The van der Waals surface area contributed by atoms with Crippen LogP contribution < -0.4 is 5.32 Å². The van der Waals surface area contributed by atoms with Crippen molar-refractivity contribution >= 4 is 23.0 Å². The molecule has 0 aromatic rings. The van der Waals surface area contributed by atoms with E-state index in [2.05, 4.69) is 19.2 Å². The van der Waals surface area contributed by atoms with Crippen molar-refractivity contribution in [3.63, 3.8) is 0 Å². The highest BCUT2D eigenvalue weighted by Crippen LogP contribution is 1.99. The molecule has 76 valence electrons. The molecule has 0 aliphatic rings. The molecule has 13 heavy (non-hydrogen) atoms. The van der Waals surface area contributed by atoms with Crippen LogP contribution in [0.25, 0.3) is 0 Å². The molecule has 0 aliphatic heterocycles. The number of hydrogen-bond donors (Lipinski definition) is 1. The third-order valence-electron chi connectivity index (χ3n) is 1.69. The van der Waals surface area contributed by atoms with Crippen molar-refractivity contribution in [2.45, 2.75) is 34.1 Å². The van der Waals surface area contributed by atoms with Crippen molar-refractivity contribution in [2.75, 3.05) is 6.54 Å². The van der Waals surface area contributed by atoms with Gasteiger partial charge in [-0.25, -0.2) is 0 Å². The van der Waals surface area contributed by atoms with Gasteiger partial charge in [-0.3, -0.25) is 4.79 Å². The molecule has 1 N–H and O–H groups in total. The predicted molar refractivity (Wildman–Crippen MR) is 59.9 cm³/mol. The van der Waals surface area contributed by atoms with Gasteiger partial charge in [-0.2, -0.15) is 0 Å². The van der Waals surface area contributed by atoms with Crippen LogP contribution in [0.15, 0.2) is 0 Å². The zero-order chi connectivity index (χ0) is 10.4. The Kier molecular flexibility index (Phi) is 5.88. The standard InChI is InChI=1S/C10H19NOS/c1-7(2)6-11-10(13)5-9(12)8(3)4/h7-8H,5-6H2,1-4H3,(H,11,13). The number of thiocarbonyl (C=S) groups is 1. The van der Waals surface area contributed by atoms with Gasteiger partial charge >= 0.3 is 0 Å². The van der Waals surface area contributed by atoms with Crippen molar-refractivity contribution in [3.05, 3.63) is 0 Å². The molecule has 0 saturated carbocycles. The highest BCUT2D eigenvalue weighted by atomic mass is 32.1. The Morgan fingerprint density at radius 3 is 2.23 bits per heavy atom. The van der Waals surface area contributed by atoms with Gasteiger partial charge < -0.3 is 5.32 Å². The summed E-state index contributed by atoms with van der Waals surface area (Å²) < 4.78 is 0. The van der Waals surface area contributed by atoms with Gasteiger partial charge in [0.25, 0.3) is 0 Å². The van der Waals surface area contributed by atoms with E-state index in [1.807, 2.05) is 13.8 Å². The Hall–Kier alpha value is -0.440. The number of Topliss-reactive ketones (excluding diaryl/α,β-unsaturated/α-hetero) is 1. The van der Waals surface area contributed by atoms with Crippen molar-refractivity contribution in [1.29, 1.82) is 0 Å². The Morgan fingerprint density at radius 1 is 1.31 bits per heavy atom. The fraction of sp³-hybridized carbons (Fsp3) is 0.800. The second-order valence-corrected chi connectivity index (χ2v) is 4.49. The van der Waals surface area contributed by atoms with E-state index in [1.54, 1.807) is 0 Å². The van der Waals surface area contributed by atoms with Gasteiger partial charge in [-0.05, 0) is 5.92 Å². The molecule has 2 nitrogen and oxygen atoms in total. The number of ketones is 1. The average Bonchev–Trinajstić information content (AvgIpc) is 2.00. The third-order valence-corrected chi connectivity index (χ3v) is 1.97. The first kappa shape index (κ1) is 12.6. The molecule has 0 radical (unpaired) electrons. The summed E-state index contributed by atoms with van der Waals surface area (Å²) in [7, 11) is 0. The van der Waals surface area contributed by atoms with Crippen LogP contribution in [0.1, 0.15) is 34.1 Å². The summed E-state index contributed by atoms with van der Waals surface area (Å²) in [6, 6.07) is 0. The van der Waals surface area contributed by atoms with Crippen LogP contribution in [0.5, 0.6) is 0 Å². The smallest absolute Gasteiger partial charge is 0.142 e. The van der Waals surface area contributed by atoms with Gasteiger partial charge in [0.05, 0.1) is 11.4 Å². The molecule has 0 atom stereocenters. The van der Waals surface area contributed by atoms with E-state index in [1.165, 1.54) is 0 Å². The lowest BCUT2D eigenvalue weighted by molar-refractivity contribution is -0.120. The van der Waals surface area contributed by atoms with Crippen molar-refractivity contribution in [3.8, 4) is 0 Å². The molecule has 0 rings (SSSR count). The van der Waals surface area contributed by atoms with Crippen LogP contribution in [-0.2, 0) is 4.79 Å². The van der Waals surface area contributed by atoms with E-state index in [0.29, 0.717) is 17.3 Å². The Labute approximate surface area is 86.1 Å². The van der Waals surface area contributed by atoms with E-state index < -0.39 is 0 Å². The van der Waals surface area contributed by atoms with Gasteiger partial charge in [0.2, 0.25) is 0 Å². The Bertz CT molecular complexity index is 187. The molecule has 0 aliphatic carbocycles. The lowest BCUT2D eigenvalue weighted by atomic mass is 10.1. The minimum absolute atomic E-state index is 0.0822. The largest absolute Gasteiger partial charge is 0.379 e. The summed E-state index contributed by atoms with van der Waals surface area (Å²) >= 11 is 5.04. The number of nitrogens with one attached hydrogen (secondary N) is 1. The van der Waals surface area contributed by atoms with Crippen molar-refractivity contribution in [1.82, 2.24) is 5.32 Å². The summed E-state index contributed by atoms with van der Waals surface area (Å²) in [6.07, 6.45) is 0.389. The quantitative estimate of drug-likeness (QED) is 0.691. The lowest BCUT2D eigenvalue weighted by Crippen LogP contribution is -2.28. The molecule has 3 heteroatoms. The Balaban J connectivity index is 3.69. The maximum Gasteiger partial charge on any atom is 0.142 e. The third kappa shape index (κ3) is 6.70. The number of rotatable bonds is 5. The number of carbonyl (C=O) groups is 1. The SMILES string of the molecule is CC(C)CNC(=S)CC(=O)C(C)C. The van der Waals surface area contributed by atoms with Crippen molar-refractivity contribution < 1.29 is 4.79 Å². The van der Waals surface area contributed by atoms with Gasteiger partial charge in [0.15, 0.2) is 0 Å². The van der Waals surface area contributed by atoms with Gasteiger partial charge in [-0.1, -0.05) is 39.9 Å². The molecule has 0 aromatic carbocycles. The van der Waals surface area contributed by atoms with Gasteiger partial charge in [0, 0.05) is 12.5 Å². The molecule has 0 amide bonds. The molecule has 0 spiro atoms. The van der Waals surface area contributed by atoms with E-state index in [9.17, 15) is 4.79 Å². The maximum atomic E-state index is 11.3. The predicted octanol–water partition coefficient (Wildman–Crippen LogP) is 2.17. The number of carbonyl (C=O) groups excluding carboxylic acids is 1. The summed E-state index contributed by atoms with van der Waals surface area (Å²) in [5.74, 6) is 0.854. The van der Waals surface area contributed by atoms with Gasteiger partial charge in [-0.15, -0.1) is 0 Å². The van der Waals surface area contributed by atoms with Crippen LogP contribution in [0.4, 0.5) is 0 Å². The molecule has 0 bridgehead atoms. The molecular weight excluding hydrogens is 182 g/mol. The highest BCUT2D eigenvalue weighted by molar-refractivity contribution is 7.80. The van der Waals surface area contributed by atoms with E-state index in [0.717, 1.165) is 6.54 Å². The Morgan fingerprint density at radius 2 is 1.85 bits per heavy atom. The van der Waals surface area contributed by atoms with Crippen LogP contribution in [0, 0.1) is 11.8 Å². The van der Waals surface area contributed by atoms with E-state index in [4.69, 9.17) is 12.2 Å². The monoisotopic (exact) mass is 201 g/mol. The molecule has 0 fully saturated rings. The van der Waals surface area contributed by atoms with Crippen LogP contribution in [-0.4, -0.2) is 17.3 Å². The second-order valence-electron chi connectivity index (χ2n) is 4.00. The topological polar surface area (TPSA) is 29.1 Å². The van der Waals surface area contributed by atoms with E-state index in [-0.39, 0.29) is 11.7 Å². The summed E-state index contributed by atoms with van der Waals surface area (Å²) in [4.78, 5) is 11.9. The minimum Gasteiger partial charge on any atom is -0.379 e. The summed E-state index contributed by atoms with van der Waals surface area (Å²) in [6.45, 7) is 8.87. The van der Waals surface area contributed by atoms with E-state index >= 15 is 0 Å². The molecular formula is C10H19NOS. The highest BCUT2D eigenvalue weighted by Gasteiger charge is 2.09. The molecule has 0 unspecified atom stereocenters. The number of hydrogen-bond acceptors (Lipinski definition) is 2. The normalized spacial score (nSPS) is 10.6. The van der Waals surface area contributed by atoms with Crippen LogP contribution in [0.3, 0.4) is 0 Å². The second kappa shape index (κ2) is 6.08. The molecule has 0 saturated heterocycles. The first-order valence-corrected chi connectivity index (χ1v) is 5.13.